The Morgan fingerprint density at radius 1 is 1.22 bits per heavy atom. The number of thiophene rings is 1. The van der Waals surface area contributed by atoms with Gasteiger partial charge in [-0.3, -0.25) is 4.79 Å². The van der Waals surface area contributed by atoms with Crippen LogP contribution in [0.25, 0.3) is 10.4 Å². The number of benzene rings is 1. The second kappa shape index (κ2) is 8.46. The van der Waals surface area contributed by atoms with Crippen molar-refractivity contribution < 1.29 is 14.6 Å². The number of rotatable bonds is 8. The van der Waals surface area contributed by atoms with Crippen molar-refractivity contribution in [3.63, 3.8) is 0 Å². The number of hydrogen-bond acceptors (Lipinski definition) is 6. The molecule has 142 valence electrons. The van der Waals surface area contributed by atoms with Gasteiger partial charge in [-0.05, 0) is 62.7 Å². The Labute approximate surface area is 171 Å². The minimum Gasteiger partial charge on any atom is -0.493 e. The lowest BCUT2D eigenvalue weighted by Gasteiger charge is -2.15. The number of aromatic nitrogens is 1. The van der Waals surface area contributed by atoms with Crippen molar-refractivity contribution in [2.45, 2.75) is 36.3 Å². The highest BCUT2D eigenvalue weighted by Crippen LogP contribution is 2.34. The highest BCUT2D eigenvalue weighted by Gasteiger charge is 2.29. The van der Waals surface area contributed by atoms with E-state index in [1.165, 1.54) is 38.4 Å². The Kier molecular flexibility index (Phi) is 6.24. The van der Waals surface area contributed by atoms with Crippen molar-refractivity contribution in [2.75, 3.05) is 6.61 Å². The van der Waals surface area contributed by atoms with E-state index in [9.17, 15) is 9.90 Å². The van der Waals surface area contributed by atoms with Gasteiger partial charge >= 0.3 is 5.97 Å². The first-order valence-corrected chi connectivity index (χ1v) is 11.0. The maximum atomic E-state index is 11.2. The van der Waals surface area contributed by atoms with Crippen molar-refractivity contribution >= 4 is 40.4 Å². The highest BCUT2D eigenvalue weighted by molar-refractivity contribution is 8.02. The Morgan fingerprint density at radius 3 is 2.59 bits per heavy atom. The first kappa shape index (κ1) is 19.9. The third-order valence-corrected chi connectivity index (χ3v) is 7.12. The van der Waals surface area contributed by atoms with Crippen molar-refractivity contribution in [3.05, 3.63) is 52.3 Å². The Bertz CT molecular complexity index is 913. The topological polar surface area (TPSA) is 59.4 Å². The van der Waals surface area contributed by atoms with E-state index in [-0.39, 0.29) is 0 Å². The summed E-state index contributed by atoms with van der Waals surface area (Å²) in [6.07, 6.45) is 0.691. The van der Waals surface area contributed by atoms with Crippen LogP contribution < -0.4 is 4.74 Å². The van der Waals surface area contributed by atoms with Crippen molar-refractivity contribution in [1.82, 2.24) is 4.98 Å². The number of nitrogens with zero attached hydrogens (tertiary/aromatic N) is 1. The zero-order valence-corrected chi connectivity index (χ0v) is 17.8. The van der Waals surface area contributed by atoms with Gasteiger partial charge in [-0.2, -0.15) is 0 Å². The van der Waals surface area contributed by atoms with E-state index in [1.807, 2.05) is 17.5 Å². The Hall–Kier alpha value is -1.83. The summed E-state index contributed by atoms with van der Waals surface area (Å²) in [4.78, 5) is 18.3. The molecule has 0 fully saturated rings. The molecule has 0 saturated heterocycles. The number of hydrogen-bond donors (Lipinski definition) is 1. The maximum absolute atomic E-state index is 11.2. The van der Waals surface area contributed by atoms with Gasteiger partial charge in [0.05, 0.1) is 12.3 Å². The van der Waals surface area contributed by atoms with Crippen LogP contribution in [0.5, 0.6) is 5.75 Å². The molecule has 3 rings (SSSR count). The van der Waals surface area contributed by atoms with Crippen LogP contribution in [-0.4, -0.2) is 27.4 Å². The number of thiazole rings is 1. The fourth-order valence-corrected chi connectivity index (χ4v) is 5.39. The molecule has 7 heteroatoms. The van der Waals surface area contributed by atoms with Crippen LogP contribution in [0.2, 0.25) is 0 Å². The summed E-state index contributed by atoms with van der Waals surface area (Å²) in [6.45, 7) is 6.01. The quantitative estimate of drug-likeness (QED) is 0.471. The van der Waals surface area contributed by atoms with E-state index in [2.05, 4.69) is 36.2 Å². The molecule has 0 unspecified atom stereocenters. The van der Waals surface area contributed by atoms with Crippen LogP contribution in [0, 0.1) is 6.92 Å². The van der Waals surface area contributed by atoms with Gasteiger partial charge in [-0.15, -0.1) is 22.7 Å². The van der Waals surface area contributed by atoms with Gasteiger partial charge in [-0.1, -0.05) is 11.8 Å². The minimum absolute atomic E-state index is 0.535. The smallest absolute Gasteiger partial charge is 0.319 e. The number of ether oxygens (including phenoxy) is 1. The SMILES string of the molecule is Cc1ccc(-c2ccc(OCCc3csc(SC(C)(C)C(=O)O)n3)cc2)s1. The van der Waals surface area contributed by atoms with Crippen LogP contribution >= 0.6 is 34.4 Å². The van der Waals surface area contributed by atoms with Gasteiger partial charge in [0.2, 0.25) is 0 Å². The number of thioether (sulfide) groups is 1. The molecule has 2 heterocycles. The molecule has 0 aliphatic heterocycles. The molecule has 0 aliphatic rings. The van der Waals surface area contributed by atoms with Crippen LogP contribution in [0.15, 0.2) is 46.1 Å². The molecule has 0 radical (unpaired) electrons. The van der Waals surface area contributed by atoms with E-state index in [0.29, 0.717) is 13.0 Å². The largest absolute Gasteiger partial charge is 0.493 e. The average Bonchev–Trinajstić information content (AvgIpc) is 3.24. The Morgan fingerprint density at radius 2 is 1.96 bits per heavy atom. The maximum Gasteiger partial charge on any atom is 0.319 e. The lowest BCUT2D eigenvalue weighted by atomic mass is 10.2. The molecule has 0 amide bonds. The molecule has 0 bridgehead atoms. The second-order valence-electron chi connectivity index (χ2n) is 6.56. The van der Waals surface area contributed by atoms with E-state index < -0.39 is 10.7 Å². The number of aryl methyl sites for hydroxylation is 1. The van der Waals surface area contributed by atoms with Gasteiger partial charge in [0, 0.05) is 21.6 Å². The highest BCUT2D eigenvalue weighted by atomic mass is 32.2. The summed E-state index contributed by atoms with van der Waals surface area (Å²) in [5.74, 6) is -0.00222. The molecule has 0 aliphatic carbocycles. The van der Waals surface area contributed by atoms with Crippen molar-refractivity contribution in [2.24, 2.45) is 0 Å². The number of carbonyl (C=O) groups is 1. The molecular weight excluding hydrogens is 398 g/mol. The summed E-state index contributed by atoms with van der Waals surface area (Å²) in [6, 6.07) is 12.4. The summed E-state index contributed by atoms with van der Waals surface area (Å²) < 4.78 is 5.71. The van der Waals surface area contributed by atoms with Crippen LogP contribution in [0.1, 0.15) is 24.4 Å². The normalized spacial score (nSPS) is 11.5. The average molecular weight is 420 g/mol. The molecule has 0 saturated carbocycles. The number of aliphatic carboxylic acids is 1. The van der Waals surface area contributed by atoms with Crippen LogP contribution in [0.3, 0.4) is 0 Å². The molecule has 1 aromatic carbocycles. The van der Waals surface area contributed by atoms with Gasteiger partial charge in [0.25, 0.3) is 0 Å². The number of carboxylic acids is 1. The monoisotopic (exact) mass is 419 g/mol. The van der Waals surface area contributed by atoms with Crippen LogP contribution in [-0.2, 0) is 11.2 Å². The summed E-state index contributed by atoms with van der Waals surface area (Å²) in [7, 11) is 0. The molecule has 0 spiro atoms. The number of carboxylic acid groups (broad SMARTS) is 1. The molecule has 4 nitrogen and oxygen atoms in total. The van der Waals surface area contributed by atoms with Crippen molar-refractivity contribution in [3.8, 4) is 16.2 Å². The summed E-state index contributed by atoms with van der Waals surface area (Å²) in [5.41, 5.74) is 2.12. The predicted octanol–water partition coefficient (Wildman–Crippen LogP) is 5.76. The first-order valence-electron chi connectivity index (χ1n) is 8.50. The third-order valence-electron chi connectivity index (χ3n) is 3.89. The Balaban J connectivity index is 1.51. The molecule has 0 atom stereocenters. The van der Waals surface area contributed by atoms with Gasteiger partial charge in [0.1, 0.15) is 10.5 Å². The van der Waals surface area contributed by atoms with E-state index in [0.717, 1.165) is 15.8 Å². The summed E-state index contributed by atoms with van der Waals surface area (Å²) in [5, 5.41) is 11.2. The third kappa shape index (κ3) is 5.34. The molecule has 1 N–H and O–H groups in total. The van der Waals surface area contributed by atoms with E-state index >= 15 is 0 Å². The van der Waals surface area contributed by atoms with Gasteiger partial charge < -0.3 is 9.84 Å². The standard InChI is InChI=1S/C20H21NO3S3/c1-13-4-9-17(26-13)14-5-7-16(8-6-14)24-11-10-15-12-25-19(21-15)27-20(2,3)18(22)23/h4-9,12H,10-11H2,1-3H3,(H,22,23). The molecule has 27 heavy (non-hydrogen) atoms. The minimum atomic E-state index is -0.880. The summed E-state index contributed by atoms with van der Waals surface area (Å²) >= 11 is 4.53. The van der Waals surface area contributed by atoms with Gasteiger partial charge in [0.15, 0.2) is 4.34 Å². The lowest BCUT2D eigenvalue weighted by Crippen LogP contribution is -2.26. The fraction of sp³-hybridized carbons (Fsp3) is 0.300. The molecule has 3 aromatic rings. The zero-order chi connectivity index (χ0) is 19.4. The molecule has 2 aromatic heterocycles. The van der Waals surface area contributed by atoms with Crippen LogP contribution in [0.4, 0.5) is 0 Å². The second-order valence-corrected chi connectivity index (χ2v) is 10.6. The molecular formula is C20H21NO3S3. The predicted molar refractivity (Wildman–Crippen MR) is 113 cm³/mol. The van der Waals surface area contributed by atoms with Crippen molar-refractivity contribution in [1.29, 1.82) is 0 Å². The lowest BCUT2D eigenvalue weighted by molar-refractivity contribution is -0.138. The fourth-order valence-electron chi connectivity index (χ4n) is 2.29. The van der Waals surface area contributed by atoms with E-state index in [1.54, 1.807) is 25.2 Å². The zero-order valence-electron chi connectivity index (χ0n) is 15.4. The first-order chi connectivity index (χ1) is 12.8. The van der Waals surface area contributed by atoms with E-state index in [4.69, 9.17) is 4.74 Å². The van der Waals surface area contributed by atoms with Gasteiger partial charge in [-0.25, -0.2) is 4.98 Å².